The summed E-state index contributed by atoms with van der Waals surface area (Å²) in [5, 5.41) is 9.62. The highest BCUT2D eigenvalue weighted by Crippen LogP contribution is 2.52. The van der Waals surface area contributed by atoms with Crippen LogP contribution in [0.1, 0.15) is 33.6 Å². The summed E-state index contributed by atoms with van der Waals surface area (Å²) < 4.78 is 21.7. The second-order valence-corrected chi connectivity index (χ2v) is 7.92. The Morgan fingerprint density at radius 1 is 1.34 bits per heavy atom. The van der Waals surface area contributed by atoms with Crippen molar-refractivity contribution in [3.63, 3.8) is 0 Å². The Morgan fingerprint density at radius 2 is 2.10 bits per heavy atom. The second-order valence-electron chi connectivity index (χ2n) is 7.92. The first kappa shape index (κ1) is 21.1. The summed E-state index contributed by atoms with van der Waals surface area (Å²) in [6, 6.07) is 0. The molecule has 0 radical (unpaired) electrons. The molecule has 0 spiro atoms. The Balaban J connectivity index is 1.95. The molecule has 3 rings (SSSR count). The fourth-order valence-electron chi connectivity index (χ4n) is 4.06. The highest BCUT2D eigenvalue weighted by atomic mass is 16.6. The van der Waals surface area contributed by atoms with Crippen LogP contribution in [0.4, 0.5) is 0 Å². The van der Waals surface area contributed by atoms with Gasteiger partial charge < -0.3 is 24.1 Å². The predicted octanol–water partition coefficient (Wildman–Crippen LogP) is 1.79. The first-order chi connectivity index (χ1) is 13.8. The quantitative estimate of drug-likeness (QED) is 0.525. The lowest BCUT2D eigenvalue weighted by molar-refractivity contribution is -0.149. The molecular weight excluding hydrogens is 380 g/mol. The molecule has 1 fully saturated rings. The Bertz CT molecular complexity index is 791. The summed E-state index contributed by atoms with van der Waals surface area (Å²) in [6.07, 6.45) is 5.11. The Morgan fingerprint density at radius 3 is 2.76 bits per heavy atom. The molecule has 0 aromatic carbocycles. The van der Waals surface area contributed by atoms with Crippen LogP contribution in [0.15, 0.2) is 35.3 Å². The van der Waals surface area contributed by atoms with Gasteiger partial charge >= 0.3 is 17.9 Å². The van der Waals surface area contributed by atoms with E-state index in [0.717, 1.165) is 5.57 Å². The van der Waals surface area contributed by atoms with E-state index in [0.29, 0.717) is 18.4 Å². The number of hydrogen-bond donors (Lipinski definition) is 1. The van der Waals surface area contributed by atoms with Gasteiger partial charge in [-0.3, -0.25) is 9.59 Å². The summed E-state index contributed by atoms with van der Waals surface area (Å²) in [5.74, 6) is -1.82. The smallest absolute Gasteiger partial charge is 0.337 e. The molecule has 0 aromatic rings. The van der Waals surface area contributed by atoms with E-state index >= 15 is 0 Å². The largest absolute Gasteiger partial charge is 0.473 e. The zero-order valence-corrected chi connectivity index (χ0v) is 16.8. The van der Waals surface area contributed by atoms with Crippen LogP contribution in [-0.4, -0.2) is 48.9 Å². The molecule has 8 nitrogen and oxygen atoms in total. The van der Waals surface area contributed by atoms with Gasteiger partial charge in [0.15, 0.2) is 0 Å². The lowest BCUT2D eigenvalue weighted by Gasteiger charge is -2.44. The second kappa shape index (κ2) is 8.41. The van der Waals surface area contributed by atoms with Gasteiger partial charge in [-0.1, -0.05) is 13.8 Å². The van der Waals surface area contributed by atoms with E-state index in [2.05, 4.69) is 0 Å². The summed E-state index contributed by atoms with van der Waals surface area (Å²) in [5.41, 5.74) is 1.01. The van der Waals surface area contributed by atoms with Crippen molar-refractivity contribution in [2.24, 2.45) is 17.3 Å². The number of fused-ring (bicyclic) bond motifs is 2. The third-order valence-corrected chi connectivity index (χ3v) is 5.66. The number of rotatable bonds is 6. The number of carbonyl (C=O) groups is 3. The van der Waals surface area contributed by atoms with Crippen LogP contribution < -0.4 is 0 Å². The van der Waals surface area contributed by atoms with Crippen molar-refractivity contribution in [1.29, 1.82) is 0 Å². The third kappa shape index (κ3) is 4.22. The maximum absolute atomic E-state index is 12.1. The summed E-state index contributed by atoms with van der Waals surface area (Å²) in [4.78, 5) is 35.6. The first-order valence-electron chi connectivity index (χ1n) is 9.63. The molecule has 8 heteroatoms. The molecule has 29 heavy (non-hydrogen) atoms. The standard InChI is InChI=1S/C21H26O8/c1-12(2)19(24)27-10-14-9-26-5-4-21(11-28-13(3)23)7-18-15(6-17(14)21)16(8-22)20(25)29-18/h4-5,9,12,17-18,22H,6-8,10-11H2,1-3H3. The topological polar surface area (TPSA) is 108 Å². The van der Waals surface area contributed by atoms with Crippen LogP contribution in [-0.2, 0) is 33.3 Å². The fourth-order valence-corrected chi connectivity index (χ4v) is 4.06. The number of ether oxygens (including phenoxy) is 4. The molecular formula is C21H26O8. The minimum absolute atomic E-state index is 0.0202. The monoisotopic (exact) mass is 406 g/mol. The number of carbonyl (C=O) groups excluding carboxylic acids is 3. The molecule has 0 amide bonds. The van der Waals surface area contributed by atoms with Crippen LogP contribution in [0.5, 0.6) is 0 Å². The van der Waals surface area contributed by atoms with Crippen molar-refractivity contribution < 1.29 is 38.4 Å². The molecule has 158 valence electrons. The number of hydrogen-bond acceptors (Lipinski definition) is 8. The van der Waals surface area contributed by atoms with Crippen molar-refractivity contribution in [2.75, 3.05) is 19.8 Å². The maximum atomic E-state index is 12.1. The van der Waals surface area contributed by atoms with Crippen molar-refractivity contribution in [1.82, 2.24) is 0 Å². The van der Waals surface area contributed by atoms with E-state index < -0.39 is 30.1 Å². The maximum Gasteiger partial charge on any atom is 0.337 e. The third-order valence-electron chi connectivity index (χ3n) is 5.66. The molecule has 0 bridgehead atoms. The van der Waals surface area contributed by atoms with E-state index in [1.807, 2.05) is 6.08 Å². The zero-order chi connectivity index (χ0) is 21.2. The summed E-state index contributed by atoms with van der Waals surface area (Å²) in [7, 11) is 0. The lowest BCUT2D eigenvalue weighted by atomic mass is 9.61. The number of aliphatic hydroxyl groups excluding tert-OH is 1. The van der Waals surface area contributed by atoms with Crippen molar-refractivity contribution in [3.8, 4) is 0 Å². The predicted molar refractivity (Wildman–Crippen MR) is 99.9 cm³/mol. The summed E-state index contributed by atoms with van der Waals surface area (Å²) >= 11 is 0. The molecule has 1 aliphatic carbocycles. The normalized spacial score (nSPS) is 28.0. The van der Waals surface area contributed by atoms with Crippen molar-refractivity contribution in [3.05, 3.63) is 35.3 Å². The Hall–Kier alpha value is -2.61. The molecule has 2 aliphatic heterocycles. The van der Waals surface area contributed by atoms with Crippen LogP contribution in [0.3, 0.4) is 0 Å². The summed E-state index contributed by atoms with van der Waals surface area (Å²) in [6.45, 7) is 4.51. The van der Waals surface area contributed by atoms with Gasteiger partial charge in [0, 0.05) is 30.3 Å². The van der Waals surface area contributed by atoms with Gasteiger partial charge in [-0.2, -0.15) is 0 Å². The minimum atomic E-state index is -0.697. The molecule has 1 N–H and O–H groups in total. The number of aliphatic hydroxyl groups is 1. The fraction of sp³-hybridized carbons (Fsp3) is 0.571. The zero-order valence-electron chi connectivity index (χ0n) is 16.8. The van der Waals surface area contributed by atoms with E-state index in [9.17, 15) is 19.5 Å². The number of esters is 3. The van der Waals surface area contributed by atoms with Gasteiger partial charge in [0.05, 0.1) is 30.6 Å². The molecule has 3 aliphatic rings. The van der Waals surface area contributed by atoms with Crippen molar-refractivity contribution in [2.45, 2.75) is 39.7 Å². The molecule has 3 atom stereocenters. The highest BCUT2D eigenvalue weighted by molar-refractivity contribution is 5.92. The van der Waals surface area contributed by atoms with E-state index in [-0.39, 0.29) is 36.6 Å². The SMILES string of the molecule is CC(=O)OCC12C=COC=C(COC(=O)C(C)C)C1CC1=C(CO)C(=O)OC1C2. The first-order valence-corrected chi connectivity index (χ1v) is 9.63. The molecule has 1 saturated carbocycles. The van der Waals surface area contributed by atoms with Gasteiger partial charge in [-0.15, -0.1) is 0 Å². The highest BCUT2D eigenvalue weighted by Gasteiger charge is 2.52. The van der Waals surface area contributed by atoms with E-state index in [4.69, 9.17) is 18.9 Å². The molecule has 0 aromatic heterocycles. The molecule has 3 unspecified atom stereocenters. The average Bonchev–Trinajstić information content (AvgIpc) is 2.86. The van der Waals surface area contributed by atoms with Crippen LogP contribution in [0, 0.1) is 17.3 Å². The molecule has 2 heterocycles. The van der Waals surface area contributed by atoms with Crippen LogP contribution in [0.2, 0.25) is 0 Å². The van der Waals surface area contributed by atoms with E-state index in [1.54, 1.807) is 13.8 Å². The van der Waals surface area contributed by atoms with Gasteiger partial charge in [0.2, 0.25) is 0 Å². The van der Waals surface area contributed by atoms with Gasteiger partial charge in [-0.05, 0) is 18.1 Å². The average molecular weight is 406 g/mol. The van der Waals surface area contributed by atoms with Crippen LogP contribution in [0.25, 0.3) is 0 Å². The van der Waals surface area contributed by atoms with Crippen molar-refractivity contribution >= 4 is 17.9 Å². The minimum Gasteiger partial charge on any atom is -0.473 e. The Labute approximate surface area is 169 Å². The van der Waals surface area contributed by atoms with E-state index in [1.165, 1.54) is 19.4 Å². The van der Waals surface area contributed by atoms with Gasteiger partial charge in [0.25, 0.3) is 0 Å². The van der Waals surface area contributed by atoms with Gasteiger partial charge in [0.1, 0.15) is 19.3 Å². The lowest BCUT2D eigenvalue weighted by Crippen LogP contribution is -2.44. The molecule has 0 saturated heterocycles. The van der Waals surface area contributed by atoms with Crippen LogP contribution >= 0.6 is 0 Å². The Kier molecular flexibility index (Phi) is 6.12. The van der Waals surface area contributed by atoms with Gasteiger partial charge in [-0.25, -0.2) is 4.79 Å².